The lowest BCUT2D eigenvalue weighted by molar-refractivity contribution is 0.353. The SMILES string of the molecule is Cc1c(Cl)cccc1-n1ccn2c(SCC3CCC3)nnc2c1=O. The minimum absolute atomic E-state index is 0.189. The lowest BCUT2D eigenvalue weighted by Crippen LogP contribution is -2.21. The van der Waals surface area contributed by atoms with Gasteiger partial charge in [0.2, 0.25) is 5.65 Å². The highest BCUT2D eigenvalue weighted by atomic mass is 35.5. The van der Waals surface area contributed by atoms with Crippen LogP contribution in [0.4, 0.5) is 0 Å². The lowest BCUT2D eigenvalue weighted by Gasteiger charge is -2.24. The normalized spacial score (nSPS) is 14.9. The first kappa shape index (κ1) is 15.7. The third-order valence-electron chi connectivity index (χ3n) is 4.61. The van der Waals surface area contributed by atoms with E-state index in [1.54, 1.807) is 26.9 Å². The average molecular weight is 361 g/mol. The highest BCUT2D eigenvalue weighted by Crippen LogP contribution is 2.31. The summed E-state index contributed by atoms with van der Waals surface area (Å²) in [6.45, 7) is 1.90. The number of rotatable bonds is 4. The zero-order valence-electron chi connectivity index (χ0n) is 13.3. The molecule has 24 heavy (non-hydrogen) atoms. The fourth-order valence-corrected chi connectivity index (χ4v) is 4.14. The zero-order valence-corrected chi connectivity index (χ0v) is 14.8. The number of halogens is 1. The van der Waals surface area contributed by atoms with Gasteiger partial charge in [-0.2, -0.15) is 0 Å². The standard InChI is InChI=1S/C17H17ClN4OS/c1-11-13(18)6-3-7-14(11)21-8-9-22-15(16(21)23)19-20-17(22)24-10-12-4-2-5-12/h3,6-9,12H,2,4-5,10H2,1H3. The number of benzene rings is 1. The summed E-state index contributed by atoms with van der Waals surface area (Å²) in [5.41, 5.74) is 1.78. The van der Waals surface area contributed by atoms with Crippen LogP contribution >= 0.6 is 23.4 Å². The Bertz CT molecular complexity index is 961. The molecule has 0 atom stereocenters. The highest BCUT2D eigenvalue weighted by molar-refractivity contribution is 7.99. The van der Waals surface area contributed by atoms with Gasteiger partial charge in [-0.15, -0.1) is 10.2 Å². The van der Waals surface area contributed by atoms with Crippen molar-refractivity contribution >= 4 is 29.0 Å². The van der Waals surface area contributed by atoms with Crippen molar-refractivity contribution < 1.29 is 0 Å². The van der Waals surface area contributed by atoms with E-state index in [-0.39, 0.29) is 5.56 Å². The molecule has 1 aliphatic rings. The molecule has 2 heterocycles. The van der Waals surface area contributed by atoms with Crippen LogP contribution in [-0.4, -0.2) is 24.9 Å². The van der Waals surface area contributed by atoms with Crippen molar-refractivity contribution in [3.8, 4) is 5.69 Å². The summed E-state index contributed by atoms with van der Waals surface area (Å²) in [5.74, 6) is 1.81. The fourth-order valence-electron chi connectivity index (χ4n) is 2.86. The van der Waals surface area contributed by atoms with Crippen LogP contribution in [0.5, 0.6) is 0 Å². The van der Waals surface area contributed by atoms with Gasteiger partial charge >= 0.3 is 5.56 Å². The molecule has 0 spiro atoms. The first-order valence-electron chi connectivity index (χ1n) is 8.00. The minimum Gasteiger partial charge on any atom is -0.279 e. The van der Waals surface area contributed by atoms with Crippen molar-refractivity contribution in [2.24, 2.45) is 5.92 Å². The van der Waals surface area contributed by atoms with E-state index >= 15 is 0 Å². The van der Waals surface area contributed by atoms with Crippen molar-refractivity contribution in [2.75, 3.05) is 5.75 Å². The van der Waals surface area contributed by atoms with Gasteiger partial charge in [0.15, 0.2) is 5.16 Å². The number of hydrogen-bond donors (Lipinski definition) is 0. The molecule has 0 saturated heterocycles. The van der Waals surface area contributed by atoms with Crippen LogP contribution in [0.1, 0.15) is 24.8 Å². The molecule has 1 aromatic carbocycles. The molecule has 124 valence electrons. The molecular formula is C17H17ClN4OS. The van der Waals surface area contributed by atoms with E-state index in [1.807, 2.05) is 31.3 Å². The molecule has 0 unspecified atom stereocenters. The van der Waals surface area contributed by atoms with Gasteiger partial charge in [-0.05, 0) is 43.4 Å². The van der Waals surface area contributed by atoms with Gasteiger partial charge in [-0.25, -0.2) is 0 Å². The molecule has 7 heteroatoms. The number of nitrogens with zero attached hydrogens (tertiary/aromatic N) is 4. The molecule has 1 aliphatic carbocycles. The molecule has 3 aromatic rings. The Hall–Kier alpha value is -1.79. The predicted molar refractivity (Wildman–Crippen MR) is 96.4 cm³/mol. The number of thioether (sulfide) groups is 1. The monoisotopic (exact) mass is 360 g/mol. The van der Waals surface area contributed by atoms with E-state index in [0.717, 1.165) is 28.1 Å². The maximum absolute atomic E-state index is 12.8. The molecule has 5 nitrogen and oxygen atoms in total. The minimum atomic E-state index is -0.189. The maximum Gasteiger partial charge on any atom is 0.300 e. The van der Waals surface area contributed by atoms with Gasteiger partial charge in [0.05, 0.1) is 5.69 Å². The number of hydrogen-bond acceptors (Lipinski definition) is 4. The second kappa shape index (κ2) is 6.26. The average Bonchev–Trinajstić information content (AvgIpc) is 2.94. The predicted octanol–water partition coefficient (Wildman–Crippen LogP) is 3.73. The quantitative estimate of drug-likeness (QED) is 0.665. The summed E-state index contributed by atoms with van der Waals surface area (Å²) in [5, 5.41) is 9.72. The van der Waals surface area contributed by atoms with E-state index in [9.17, 15) is 4.79 Å². The molecule has 1 fully saturated rings. The lowest BCUT2D eigenvalue weighted by atomic mass is 9.87. The maximum atomic E-state index is 12.8. The van der Waals surface area contributed by atoms with Gasteiger partial charge < -0.3 is 0 Å². The van der Waals surface area contributed by atoms with Crippen LogP contribution in [0.3, 0.4) is 0 Å². The van der Waals surface area contributed by atoms with Gasteiger partial charge in [-0.3, -0.25) is 13.8 Å². The van der Waals surface area contributed by atoms with E-state index in [1.165, 1.54) is 19.3 Å². The van der Waals surface area contributed by atoms with Crippen molar-refractivity contribution in [1.82, 2.24) is 19.2 Å². The molecule has 2 aromatic heterocycles. The Balaban J connectivity index is 1.73. The first-order valence-corrected chi connectivity index (χ1v) is 9.36. The van der Waals surface area contributed by atoms with E-state index < -0.39 is 0 Å². The van der Waals surface area contributed by atoms with E-state index in [4.69, 9.17) is 11.6 Å². The molecule has 0 bridgehead atoms. The Morgan fingerprint density at radius 1 is 1.29 bits per heavy atom. The third kappa shape index (κ3) is 2.63. The second-order valence-corrected chi connectivity index (χ2v) is 7.54. The molecular weight excluding hydrogens is 344 g/mol. The van der Waals surface area contributed by atoms with Gasteiger partial charge in [0.25, 0.3) is 0 Å². The Morgan fingerprint density at radius 2 is 2.12 bits per heavy atom. The van der Waals surface area contributed by atoms with Crippen molar-refractivity contribution in [3.05, 3.63) is 51.5 Å². The second-order valence-electron chi connectivity index (χ2n) is 6.14. The summed E-state index contributed by atoms with van der Waals surface area (Å²) in [4.78, 5) is 12.8. The summed E-state index contributed by atoms with van der Waals surface area (Å²) < 4.78 is 3.35. The van der Waals surface area contributed by atoms with Crippen LogP contribution < -0.4 is 5.56 Å². The molecule has 0 radical (unpaired) electrons. The Labute approximate surface area is 148 Å². The molecule has 0 aliphatic heterocycles. The topological polar surface area (TPSA) is 52.2 Å². The zero-order chi connectivity index (χ0) is 16.7. The fraction of sp³-hybridized carbons (Fsp3) is 0.353. The van der Waals surface area contributed by atoms with Crippen LogP contribution in [0.25, 0.3) is 11.3 Å². The largest absolute Gasteiger partial charge is 0.300 e. The molecule has 0 amide bonds. The summed E-state index contributed by atoms with van der Waals surface area (Å²) in [6.07, 6.45) is 7.52. The Morgan fingerprint density at radius 3 is 2.88 bits per heavy atom. The van der Waals surface area contributed by atoms with E-state index in [2.05, 4.69) is 10.2 Å². The summed E-state index contributed by atoms with van der Waals surface area (Å²) in [7, 11) is 0. The Kier molecular flexibility index (Phi) is 4.10. The summed E-state index contributed by atoms with van der Waals surface area (Å²) >= 11 is 7.85. The van der Waals surface area contributed by atoms with Gasteiger partial charge in [-0.1, -0.05) is 35.9 Å². The van der Waals surface area contributed by atoms with Crippen molar-refractivity contribution in [2.45, 2.75) is 31.3 Å². The molecule has 1 saturated carbocycles. The van der Waals surface area contributed by atoms with Crippen LogP contribution in [0.15, 0.2) is 40.5 Å². The van der Waals surface area contributed by atoms with Crippen LogP contribution in [-0.2, 0) is 0 Å². The third-order valence-corrected chi connectivity index (χ3v) is 6.20. The molecule has 0 N–H and O–H groups in total. The highest BCUT2D eigenvalue weighted by Gasteiger charge is 2.19. The first-order chi connectivity index (χ1) is 11.6. The van der Waals surface area contributed by atoms with Gasteiger partial charge in [0, 0.05) is 23.2 Å². The summed E-state index contributed by atoms with van der Waals surface area (Å²) in [6, 6.07) is 5.53. The smallest absolute Gasteiger partial charge is 0.279 e. The van der Waals surface area contributed by atoms with Crippen molar-refractivity contribution in [3.63, 3.8) is 0 Å². The van der Waals surface area contributed by atoms with Gasteiger partial charge in [0.1, 0.15) is 0 Å². The molecule has 4 rings (SSSR count). The number of aromatic nitrogens is 4. The van der Waals surface area contributed by atoms with Crippen LogP contribution in [0, 0.1) is 12.8 Å². The van der Waals surface area contributed by atoms with Crippen LogP contribution in [0.2, 0.25) is 5.02 Å². The number of fused-ring (bicyclic) bond motifs is 1. The van der Waals surface area contributed by atoms with E-state index in [0.29, 0.717) is 10.7 Å². The van der Waals surface area contributed by atoms with Crippen molar-refractivity contribution in [1.29, 1.82) is 0 Å².